The molecule has 0 N–H and O–H groups in total. The van der Waals surface area contributed by atoms with Crippen LogP contribution in [0, 0.1) is 0 Å². The van der Waals surface area contributed by atoms with Crippen LogP contribution in [-0.2, 0) is 0 Å². The highest BCUT2D eigenvalue weighted by Gasteiger charge is 2.14. The molecule has 0 radical (unpaired) electrons. The first kappa shape index (κ1) is 4.32. The highest BCUT2D eigenvalue weighted by atomic mass is 32.2. The molecule has 3 heteroatoms. The maximum absolute atomic E-state index is 4.03. The smallest absolute Gasteiger partial charge is 0.116 e. The minimum Gasteiger partial charge on any atom is -0.238 e. The molecule has 2 aliphatic heterocycles. The Balaban J connectivity index is 2.49. The number of allylic oxidation sites excluding steroid dienone is 1. The van der Waals surface area contributed by atoms with Gasteiger partial charge >= 0.3 is 0 Å². The monoisotopic (exact) mass is 124 g/mol. The number of fused-ring (bicyclic) bond motifs is 1. The molecule has 0 saturated carbocycles. The zero-order valence-electron chi connectivity index (χ0n) is 4.16. The number of thioether (sulfide) groups is 1. The Morgan fingerprint density at radius 1 is 1.62 bits per heavy atom. The highest BCUT2D eigenvalue weighted by Crippen LogP contribution is 2.22. The topological polar surface area (TPSA) is 24.7 Å². The van der Waals surface area contributed by atoms with E-state index in [2.05, 4.69) is 9.98 Å². The fourth-order valence-corrected chi connectivity index (χ4v) is 1.53. The Morgan fingerprint density at radius 2 is 2.62 bits per heavy atom. The van der Waals surface area contributed by atoms with E-state index < -0.39 is 0 Å². The molecule has 0 spiro atoms. The lowest BCUT2D eigenvalue weighted by Gasteiger charge is -1.82. The number of rotatable bonds is 0. The fourth-order valence-electron chi connectivity index (χ4n) is 0.711. The summed E-state index contributed by atoms with van der Waals surface area (Å²) in [6.45, 7) is 0. The van der Waals surface area contributed by atoms with Crippen molar-refractivity contribution in [1.82, 2.24) is 0 Å². The summed E-state index contributed by atoms with van der Waals surface area (Å²) in [5.74, 6) is 1.01. The second-order valence-electron chi connectivity index (χ2n) is 1.63. The lowest BCUT2D eigenvalue weighted by atomic mass is 10.4. The van der Waals surface area contributed by atoms with Gasteiger partial charge in [0.15, 0.2) is 0 Å². The molecule has 0 aromatic rings. The molecule has 0 aromatic carbocycles. The third-order valence-corrected chi connectivity index (χ3v) is 1.95. The van der Waals surface area contributed by atoms with Gasteiger partial charge in [-0.05, 0) is 5.41 Å². The van der Waals surface area contributed by atoms with Crippen LogP contribution >= 0.6 is 11.8 Å². The van der Waals surface area contributed by atoms with Crippen molar-refractivity contribution < 1.29 is 0 Å². The molecule has 0 unspecified atom stereocenters. The van der Waals surface area contributed by atoms with Gasteiger partial charge in [-0.15, -0.1) is 11.8 Å². The molecule has 0 bridgehead atoms. The predicted molar refractivity (Wildman–Crippen MR) is 36.5 cm³/mol. The van der Waals surface area contributed by atoms with Gasteiger partial charge in [0.2, 0.25) is 0 Å². The number of hydrogen-bond acceptors (Lipinski definition) is 3. The molecule has 2 aliphatic rings. The van der Waals surface area contributed by atoms with Crippen molar-refractivity contribution >= 4 is 23.8 Å². The van der Waals surface area contributed by atoms with E-state index in [0.717, 1.165) is 17.2 Å². The molecule has 40 valence electrons. The minimum atomic E-state index is 1.01. The lowest BCUT2D eigenvalue weighted by molar-refractivity contribution is 1.54. The van der Waals surface area contributed by atoms with Crippen molar-refractivity contribution in [3.8, 4) is 0 Å². The van der Waals surface area contributed by atoms with E-state index >= 15 is 0 Å². The summed E-state index contributed by atoms with van der Waals surface area (Å²) in [7, 11) is 0. The summed E-state index contributed by atoms with van der Waals surface area (Å²) in [4.78, 5) is 8.04. The molecule has 2 rings (SSSR count). The van der Waals surface area contributed by atoms with Gasteiger partial charge in [0.1, 0.15) is 6.34 Å². The van der Waals surface area contributed by atoms with Gasteiger partial charge in [-0.1, -0.05) is 0 Å². The van der Waals surface area contributed by atoms with Crippen molar-refractivity contribution in [2.24, 2.45) is 9.98 Å². The maximum Gasteiger partial charge on any atom is 0.116 e. The zero-order chi connectivity index (χ0) is 5.40. The summed E-state index contributed by atoms with van der Waals surface area (Å²) in [5, 5.41) is 2.04. The Labute approximate surface area is 51.4 Å². The summed E-state index contributed by atoms with van der Waals surface area (Å²) in [6.07, 6.45) is 1.61. The number of hydrogen-bond donors (Lipinski definition) is 0. The molecule has 0 aromatic heterocycles. The van der Waals surface area contributed by atoms with E-state index in [1.807, 2.05) is 5.41 Å². The second-order valence-corrected chi connectivity index (χ2v) is 2.49. The maximum atomic E-state index is 4.03. The van der Waals surface area contributed by atoms with Gasteiger partial charge in [-0.3, -0.25) is 0 Å². The molecule has 0 aliphatic carbocycles. The van der Waals surface area contributed by atoms with Crippen molar-refractivity contribution in [3.05, 3.63) is 11.1 Å². The third-order valence-electron chi connectivity index (χ3n) is 1.12. The molecule has 2 heterocycles. The SMILES string of the molecule is C1=NC2=CSCC2=N1. The van der Waals surface area contributed by atoms with Gasteiger partial charge in [-0.2, -0.15) is 0 Å². The quantitative estimate of drug-likeness (QED) is 0.474. The Morgan fingerprint density at radius 3 is 3.50 bits per heavy atom. The van der Waals surface area contributed by atoms with Crippen molar-refractivity contribution in [3.63, 3.8) is 0 Å². The summed E-state index contributed by atoms with van der Waals surface area (Å²) in [5.41, 5.74) is 2.20. The van der Waals surface area contributed by atoms with Crippen LogP contribution in [0.15, 0.2) is 21.1 Å². The van der Waals surface area contributed by atoms with Gasteiger partial charge in [0.25, 0.3) is 0 Å². The van der Waals surface area contributed by atoms with Crippen molar-refractivity contribution in [2.45, 2.75) is 0 Å². The molecule has 0 saturated heterocycles. The van der Waals surface area contributed by atoms with E-state index in [9.17, 15) is 0 Å². The third kappa shape index (κ3) is 0.448. The Bertz CT molecular complexity index is 202. The average Bonchev–Trinajstić information content (AvgIpc) is 2.15. The van der Waals surface area contributed by atoms with Crippen LogP contribution in [0.3, 0.4) is 0 Å². The fraction of sp³-hybridized carbons (Fsp3) is 0.200. The van der Waals surface area contributed by atoms with Gasteiger partial charge in [0, 0.05) is 5.75 Å². The molecule has 2 nitrogen and oxygen atoms in total. The van der Waals surface area contributed by atoms with Gasteiger partial charge in [-0.25, -0.2) is 9.98 Å². The molecule has 8 heavy (non-hydrogen) atoms. The average molecular weight is 124 g/mol. The van der Waals surface area contributed by atoms with Gasteiger partial charge < -0.3 is 0 Å². The standard InChI is InChI=1S/C5H4N2S/c1-4-5(2-8-1)7-3-6-4/h1,3H,2H2. The first-order chi connectivity index (χ1) is 3.97. The van der Waals surface area contributed by atoms with Crippen molar-refractivity contribution in [1.29, 1.82) is 0 Å². The summed E-state index contributed by atoms with van der Waals surface area (Å²) < 4.78 is 0. The van der Waals surface area contributed by atoms with Crippen LogP contribution in [-0.4, -0.2) is 17.8 Å². The van der Waals surface area contributed by atoms with Crippen LogP contribution in [0.4, 0.5) is 0 Å². The predicted octanol–water partition coefficient (Wildman–Crippen LogP) is 1.06. The van der Waals surface area contributed by atoms with Crippen LogP contribution in [0.1, 0.15) is 0 Å². The normalized spacial score (nSPS) is 23.0. The van der Waals surface area contributed by atoms with E-state index in [1.54, 1.807) is 18.1 Å². The first-order valence-corrected chi connectivity index (χ1v) is 3.43. The second kappa shape index (κ2) is 1.45. The van der Waals surface area contributed by atoms with E-state index in [0.29, 0.717) is 0 Å². The Hall–Kier alpha value is -0.570. The minimum absolute atomic E-state index is 1.01. The Kier molecular flexibility index (Phi) is 0.784. The zero-order valence-corrected chi connectivity index (χ0v) is 4.98. The molecular weight excluding hydrogens is 120 g/mol. The van der Waals surface area contributed by atoms with Crippen LogP contribution in [0.25, 0.3) is 0 Å². The lowest BCUT2D eigenvalue weighted by Crippen LogP contribution is -1.92. The van der Waals surface area contributed by atoms with Gasteiger partial charge in [0.05, 0.1) is 11.4 Å². The first-order valence-electron chi connectivity index (χ1n) is 2.38. The highest BCUT2D eigenvalue weighted by molar-refractivity contribution is 8.03. The molecule has 0 atom stereocenters. The summed E-state index contributed by atoms with van der Waals surface area (Å²) in [6, 6.07) is 0. The molecular formula is C5H4N2S. The largest absolute Gasteiger partial charge is 0.238 e. The molecule has 0 amide bonds. The van der Waals surface area contributed by atoms with Crippen molar-refractivity contribution in [2.75, 3.05) is 5.75 Å². The van der Waals surface area contributed by atoms with E-state index in [1.165, 1.54) is 0 Å². The van der Waals surface area contributed by atoms with Crippen LogP contribution in [0.2, 0.25) is 0 Å². The van der Waals surface area contributed by atoms with Crippen LogP contribution in [0.5, 0.6) is 0 Å². The summed E-state index contributed by atoms with van der Waals surface area (Å²) >= 11 is 1.76. The number of nitrogens with zero attached hydrogens (tertiary/aromatic N) is 2. The van der Waals surface area contributed by atoms with E-state index in [-0.39, 0.29) is 0 Å². The number of aliphatic imine (C=N–C) groups is 2. The molecule has 0 fully saturated rings. The van der Waals surface area contributed by atoms with Crippen LogP contribution < -0.4 is 0 Å². The van der Waals surface area contributed by atoms with E-state index in [4.69, 9.17) is 0 Å².